The molecule has 142 valence electrons. The third-order valence-electron chi connectivity index (χ3n) is 5.05. The van der Waals surface area contributed by atoms with Crippen LogP contribution in [0, 0.1) is 0 Å². The smallest absolute Gasteiger partial charge is 0.245 e. The maximum Gasteiger partial charge on any atom is 0.245 e. The first-order chi connectivity index (χ1) is 12.9. The van der Waals surface area contributed by atoms with Crippen molar-refractivity contribution in [3.05, 3.63) is 0 Å². The zero-order chi connectivity index (χ0) is 17.6. The Bertz CT molecular complexity index is 695. The molecular weight excluding hydrogens is 334 g/mol. The van der Waals surface area contributed by atoms with Crippen LogP contribution in [-0.2, 0) is 4.74 Å². The standard InChI is InChI=1S/C17H27N7O2/c1(3-7-23-10-12-25-13-11-23)2-6-18-16-17(24-8-4-5-9-24)20-15-14(19-16)21-26-22-15/h1-13H2,(H,18,19,21). The molecule has 4 heterocycles. The number of morpholine rings is 1. The van der Waals surface area contributed by atoms with Gasteiger partial charge < -0.3 is 15.0 Å². The SMILES string of the molecule is C(CCNc1nc2nonc2nc1N1CCCC1)CCN1CCOCC1. The Balaban J connectivity index is 1.28. The zero-order valence-corrected chi connectivity index (χ0v) is 15.2. The molecular formula is C17H27N7O2. The van der Waals surface area contributed by atoms with E-state index in [1.807, 2.05) is 0 Å². The van der Waals surface area contributed by atoms with E-state index in [0.29, 0.717) is 11.3 Å². The Kier molecular flexibility index (Phi) is 5.75. The summed E-state index contributed by atoms with van der Waals surface area (Å²) >= 11 is 0. The van der Waals surface area contributed by atoms with Crippen molar-refractivity contribution in [1.29, 1.82) is 0 Å². The van der Waals surface area contributed by atoms with Crippen LogP contribution in [0.15, 0.2) is 4.63 Å². The van der Waals surface area contributed by atoms with Crippen molar-refractivity contribution < 1.29 is 9.37 Å². The van der Waals surface area contributed by atoms with Gasteiger partial charge in [0.25, 0.3) is 0 Å². The molecule has 0 bridgehead atoms. The maximum atomic E-state index is 5.39. The quantitative estimate of drug-likeness (QED) is 0.703. The predicted molar refractivity (Wildman–Crippen MR) is 98.4 cm³/mol. The van der Waals surface area contributed by atoms with Gasteiger partial charge in [-0.3, -0.25) is 4.90 Å². The highest BCUT2D eigenvalue weighted by Gasteiger charge is 2.20. The van der Waals surface area contributed by atoms with Gasteiger partial charge in [-0.25, -0.2) is 14.6 Å². The highest BCUT2D eigenvalue weighted by atomic mass is 16.6. The van der Waals surface area contributed by atoms with Crippen LogP contribution in [0.4, 0.5) is 11.6 Å². The van der Waals surface area contributed by atoms with E-state index >= 15 is 0 Å². The number of hydrogen-bond acceptors (Lipinski definition) is 9. The fourth-order valence-electron chi connectivity index (χ4n) is 3.57. The van der Waals surface area contributed by atoms with Crippen LogP contribution >= 0.6 is 0 Å². The Morgan fingerprint density at radius 2 is 1.65 bits per heavy atom. The van der Waals surface area contributed by atoms with Crippen LogP contribution in [-0.4, -0.2) is 77.7 Å². The summed E-state index contributed by atoms with van der Waals surface area (Å²) in [4.78, 5) is 13.9. The minimum Gasteiger partial charge on any atom is -0.379 e. The number of nitrogens with zero attached hydrogens (tertiary/aromatic N) is 6. The molecule has 2 saturated heterocycles. The van der Waals surface area contributed by atoms with E-state index in [9.17, 15) is 0 Å². The summed E-state index contributed by atoms with van der Waals surface area (Å²) in [7, 11) is 0. The van der Waals surface area contributed by atoms with E-state index in [-0.39, 0.29) is 0 Å². The molecule has 2 aromatic heterocycles. The van der Waals surface area contributed by atoms with Gasteiger partial charge in [0, 0.05) is 32.7 Å². The van der Waals surface area contributed by atoms with E-state index in [4.69, 9.17) is 9.37 Å². The fraction of sp³-hybridized carbons (Fsp3) is 0.765. The second-order valence-corrected chi connectivity index (χ2v) is 6.94. The zero-order valence-electron chi connectivity index (χ0n) is 15.2. The number of unbranched alkanes of at least 4 members (excludes halogenated alkanes) is 2. The first-order valence-electron chi connectivity index (χ1n) is 9.69. The Hall–Kier alpha value is -2.00. The molecule has 0 aromatic carbocycles. The Morgan fingerprint density at radius 1 is 0.885 bits per heavy atom. The topological polar surface area (TPSA) is 92.4 Å². The Labute approximate surface area is 153 Å². The molecule has 9 heteroatoms. The molecule has 2 aliphatic heterocycles. The number of ether oxygens (including phenoxy) is 1. The summed E-state index contributed by atoms with van der Waals surface area (Å²) in [6.45, 7) is 7.96. The normalized spacial score (nSPS) is 18.7. The monoisotopic (exact) mass is 361 g/mol. The largest absolute Gasteiger partial charge is 0.379 e. The maximum absolute atomic E-state index is 5.39. The van der Waals surface area contributed by atoms with Crippen LogP contribution in [0.2, 0.25) is 0 Å². The van der Waals surface area contributed by atoms with Crippen LogP contribution in [0.3, 0.4) is 0 Å². The average Bonchev–Trinajstić information content (AvgIpc) is 3.36. The summed E-state index contributed by atoms with van der Waals surface area (Å²) < 4.78 is 10.2. The molecule has 0 unspecified atom stereocenters. The van der Waals surface area contributed by atoms with E-state index in [2.05, 4.69) is 35.4 Å². The van der Waals surface area contributed by atoms with Crippen LogP contribution in [0.25, 0.3) is 11.3 Å². The highest BCUT2D eigenvalue weighted by Crippen LogP contribution is 2.26. The molecule has 0 atom stereocenters. The third-order valence-corrected chi connectivity index (χ3v) is 5.05. The second kappa shape index (κ2) is 8.59. The third kappa shape index (κ3) is 4.21. The van der Waals surface area contributed by atoms with Gasteiger partial charge in [-0.2, -0.15) is 0 Å². The first-order valence-corrected chi connectivity index (χ1v) is 9.69. The van der Waals surface area contributed by atoms with Crippen molar-refractivity contribution in [1.82, 2.24) is 25.2 Å². The summed E-state index contributed by atoms with van der Waals surface area (Å²) in [5.74, 6) is 1.67. The summed E-state index contributed by atoms with van der Waals surface area (Å²) in [6.07, 6.45) is 5.92. The van der Waals surface area contributed by atoms with Gasteiger partial charge in [0.15, 0.2) is 11.6 Å². The number of fused-ring (bicyclic) bond motifs is 1. The molecule has 2 aliphatic rings. The second-order valence-electron chi connectivity index (χ2n) is 6.94. The summed E-state index contributed by atoms with van der Waals surface area (Å²) in [5.41, 5.74) is 0.936. The minimum atomic E-state index is 0.461. The van der Waals surface area contributed by atoms with Gasteiger partial charge in [0.2, 0.25) is 11.3 Å². The molecule has 0 radical (unpaired) electrons. The lowest BCUT2D eigenvalue weighted by Crippen LogP contribution is -2.36. The summed E-state index contributed by atoms with van der Waals surface area (Å²) in [5, 5.41) is 11.1. The minimum absolute atomic E-state index is 0.461. The van der Waals surface area contributed by atoms with Gasteiger partial charge in [0.05, 0.1) is 13.2 Å². The number of rotatable bonds is 8. The van der Waals surface area contributed by atoms with E-state index in [1.54, 1.807) is 0 Å². The summed E-state index contributed by atoms with van der Waals surface area (Å²) in [6, 6.07) is 0. The molecule has 0 saturated carbocycles. The lowest BCUT2D eigenvalue weighted by atomic mass is 10.2. The molecule has 0 aliphatic carbocycles. The van der Waals surface area contributed by atoms with Gasteiger partial charge in [-0.05, 0) is 42.5 Å². The van der Waals surface area contributed by atoms with Gasteiger partial charge in [-0.1, -0.05) is 6.42 Å². The van der Waals surface area contributed by atoms with Crippen molar-refractivity contribution in [2.75, 3.05) is 62.7 Å². The van der Waals surface area contributed by atoms with Gasteiger partial charge in [0.1, 0.15) is 0 Å². The van der Waals surface area contributed by atoms with Crippen LogP contribution < -0.4 is 10.2 Å². The molecule has 1 N–H and O–H groups in total. The lowest BCUT2D eigenvalue weighted by Gasteiger charge is -2.26. The van der Waals surface area contributed by atoms with Crippen molar-refractivity contribution in [3.63, 3.8) is 0 Å². The number of aromatic nitrogens is 4. The predicted octanol–water partition coefficient (Wildman–Crippen LogP) is 1.53. The number of anilines is 2. The van der Waals surface area contributed by atoms with Crippen LogP contribution in [0.1, 0.15) is 32.1 Å². The molecule has 9 nitrogen and oxygen atoms in total. The van der Waals surface area contributed by atoms with Crippen molar-refractivity contribution in [3.8, 4) is 0 Å². The molecule has 4 rings (SSSR count). The van der Waals surface area contributed by atoms with E-state index in [1.165, 1.54) is 32.2 Å². The number of hydrogen-bond donors (Lipinski definition) is 1. The highest BCUT2D eigenvalue weighted by molar-refractivity contribution is 5.74. The molecule has 0 amide bonds. The lowest BCUT2D eigenvalue weighted by molar-refractivity contribution is 0.0372. The van der Waals surface area contributed by atoms with Crippen molar-refractivity contribution in [2.24, 2.45) is 0 Å². The van der Waals surface area contributed by atoms with Crippen molar-refractivity contribution in [2.45, 2.75) is 32.1 Å². The van der Waals surface area contributed by atoms with E-state index < -0.39 is 0 Å². The molecule has 2 fully saturated rings. The number of nitrogens with one attached hydrogen (secondary N) is 1. The average molecular weight is 361 g/mol. The van der Waals surface area contributed by atoms with E-state index in [0.717, 1.165) is 64.0 Å². The molecule has 26 heavy (non-hydrogen) atoms. The molecule has 0 spiro atoms. The molecule has 2 aromatic rings. The Morgan fingerprint density at radius 3 is 2.46 bits per heavy atom. The fourth-order valence-corrected chi connectivity index (χ4v) is 3.57. The first kappa shape index (κ1) is 17.4. The van der Waals surface area contributed by atoms with Crippen LogP contribution in [0.5, 0.6) is 0 Å². The van der Waals surface area contributed by atoms with Crippen molar-refractivity contribution >= 4 is 22.9 Å². The van der Waals surface area contributed by atoms with Gasteiger partial charge in [-0.15, -0.1) is 0 Å². The van der Waals surface area contributed by atoms with Gasteiger partial charge >= 0.3 is 0 Å².